The molecule has 1 amide bonds. The summed E-state index contributed by atoms with van der Waals surface area (Å²) in [6, 6.07) is 0. The molecule has 0 aliphatic carbocycles. The molecule has 0 aromatic rings. The van der Waals surface area contributed by atoms with Crippen molar-refractivity contribution in [2.75, 3.05) is 31.6 Å². The largest absolute Gasteiger partial charge is 0.356 e. The van der Waals surface area contributed by atoms with Crippen LogP contribution in [0.5, 0.6) is 0 Å². The molecule has 1 heterocycles. The Balaban J connectivity index is 2.00. The normalized spacial score (nSPS) is 21.8. The van der Waals surface area contributed by atoms with Crippen molar-refractivity contribution in [2.24, 2.45) is 5.92 Å². The van der Waals surface area contributed by atoms with Gasteiger partial charge in [-0.05, 0) is 30.9 Å². The van der Waals surface area contributed by atoms with E-state index >= 15 is 0 Å². The predicted octanol–water partition coefficient (Wildman–Crippen LogP) is 0.465. The predicted molar refractivity (Wildman–Crippen MR) is 57.0 cm³/mol. The Bertz CT molecular complexity index is 158. The summed E-state index contributed by atoms with van der Waals surface area (Å²) in [4.78, 5) is 11.2. The molecule has 13 heavy (non-hydrogen) atoms. The van der Waals surface area contributed by atoms with E-state index in [1.54, 1.807) is 0 Å². The third-order valence-corrected chi connectivity index (χ3v) is 3.45. The molecule has 1 rings (SSSR count). The van der Waals surface area contributed by atoms with Crippen molar-refractivity contribution in [3.05, 3.63) is 0 Å². The SMILES string of the molecule is CNCCC(=O)NCC1CCSC1. The molecule has 1 saturated heterocycles. The molecule has 1 unspecified atom stereocenters. The second-order valence-corrected chi connectivity index (χ2v) is 4.54. The Hall–Kier alpha value is -0.220. The quantitative estimate of drug-likeness (QED) is 0.681. The third kappa shape index (κ3) is 4.52. The van der Waals surface area contributed by atoms with Gasteiger partial charge in [0, 0.05) is 19.5 Å². The fourth-order valence-electron chi connectivity index (χ4n) is 1.33. The zero-order valence-electron chi connectivity index (χ0n) is 8.14. The van der Waals surface area contributed by atoms with Gasteiger partial charge in [0.05, 0.1) is 0 Å². The fourth-order valence-corrected chi connectivity index (χ4v) is 2.61. The van der Waals surface area contributed by atoms with Crippen molar-refractivity contribution in [1.29, 1.82) is 0 Å². The summed E-state index contributed by atoms with van der Waals surface area (Å²) in [5, 5.41) is 5.93. The van der Waals surface area contributed by atoms with Gasteiger partial charge in [-0.3, -0.25) is 4.79 Å². The zero-order valence-corrected chi connectivity index (χ0v) is 8.95. The molecule has 1 aliphatic heterocycles. The monoisotopic (exact) mass is 202 g/mol. The Morgan fingerprint density at radius 3 is 3.08 bits per heavy atom. The van der Waals surface area contributed by atoms with Crippen molar-refractivity contribution in [1.82, 2.24) is 10.6 Å². The van der Waals surface area contributed by atoms with Crippen molar-refractivity contribution >= 4 is 17.7 Å². The van der Waals surface area contributed by atoms with Gasteiger partial charge in [-0.15, -0.1) is 0 Å². The fraction of sp³-hybridized carbons (Fsp3) is 0.889. The number of thioether (sulfide) groups is 1. The van der Waals surface area contributed by atoms with Gasteiger partial charge in [-0.25, -0.2) is 0 Å². The van der Waals surface area contributed by atoms with E-state index in [9.17, 15) is 4.79 Å². The highest BCUT2D eigenvalue weighted by molar-refractivity contribution is 7.99. The standard InChI is InChI=1S/C9H18N2OS/c1-10-4-2-9(12)11-6-8-3-5-13-7-8/h8,10H,2-7H2,1H3,(H,11,12). The average molecular weight is 202 g/mol. The van der Waals surface area contributed by atoms with E-state index in [0.29, 0.717) is 12.3 Å². The highest BCUT2D eigenvalue weighted by atomic mass is 32.2. The molecule has 1 aliphatic rings. The number of carbonyl (C=O) groups excluding carboxylic acids is 1. The number of carbonyl (C=O) groups is 1. The Kier molecular flexibility index (Phi) is 5.23. The second-order valence-electron chi connectivity index (χ2n) is 3.39. The first-order valence-corrected chi connectivity index (χ1v) is 5.97. The van der Waals surface area contributed by atoms with Crippen molar-refractivity contribution in [2.45, 2.75) is 12.8 Å². The number of hydrogen-bond donors (Lipinski definition) is 2. The third-order valence-electron chi connectivity index (χ3n) is 2.21. The molecule has 0 radical (unpaired) electrons. The molecule has 3 nitrogen and oxygen atoms in total. The maximum atomic E-state index is 11.2. The smallest absolute Gasteiger partial charge is 0.221 e. The van der Waals surface area contributed by atoms with Gasteiger partial charge >= 0.3 is 0 Å². The van der Waals surface area contributed by atoms with E-state index in [-0.39, 0.29) is 5.91 Å². The molecule has 0 bridgehead atoms. The van der Waals surface area contributed by atoms with E-state index in [1.807, 2.05) is 18.8 Å². The maximum absolute atomic E-state index is 11.2. The lowest BCUT2D eigenvalue weighted by atomic mass is 10.1. The number of rotatable bonds is 5. The minimum atomic E-state index is 0.172. The van der Waals surface area contributed by atoms with E-state index in [2.05, 4.69) is 10.6 Å². The van der Waals surface area contributed by atoms with E-state index in [4.69, 9.17) is 0 Å². The van der Waals surface area contributed by atoms with Crippen molar-refractivity contribution in [3.63, 3.8) is 0 Å². The van der Waals surface area contributed by atoms with Crippen molar-refractivity contribution < 1.29 is 4.79 Å². The van der Waals surface area contributed by atoms with Crippen LogP contribution in [0.3, 0.4) is 0 Å². The summed E-state index contributed by atoms with van der Waals surface area (Å²) in [5.41, 5.74) is 0. The molecule has 4 heteroatoms. The molecule has 0 saturated carbocycles. The van der Waals surface area contributed by atoms with Crippen LogP contribution in [0.15, 0.2) is 0 Å². The van der Waals surface area contributed by atoms with Crippen LogP contribution in [0.4, 0.5) is 0 Å². The summed E-state index contributed by atoms with van der Waals surface area (Å²) in [5.74, 6) is 3.36. The molecule has 0 aromatic carbocycles. The summed E-state index contributed by atoms with van der Waals surface area (Å²) >= 11 is 1.99. The van der Waals surface area contributed by atoms with Gasteiger partial charge in [0.15, 0.2) is 0 Å². The minimum absolute atomic E-state index is 0.172. The van der Waals surface area contributed by atoms with Crippen LogP contribution in [0, 0.1) is 5.92 Å². The molecule has 0 aromatic heterocycles. The van der Waals surface area contributed by atoms with Gasteiger partial charge < -0.3 is 10.6 Å². The average Bonchev–Trinajstić information content (AvgIpc) is 2.64. The van der Waals surface area contributed by atoms with Gasteiger partial charge in [-0.2, -0.15) is 11.8 Å². The van der Waals surface area contributed by atoms with Crippen LogP contribution in [0.2, 0.25) is 0 Å². The first-order valence-electron chi connectivity index (χ1n) is 4.82. The first-order chi connectivity index (χ1) is 6.33. The summed E-state index contributed by atoms with van der Waals surface area (Å²) < 4.78 is 0. The van der Waals surface area contributed by atoms with E-state index in [1.165, 1.54) is 17.9 Å². The Morgan fingerprint density at radius 1 is 1.62 bits per heavy atom. The Labute approximate surface area is 84.0 Å². The number of nitrogens with one attached hydrogen (secondary N) is 2. The molecular formula is C9H18N2OS. The zero-order chi connectivity index (χ0) is 9.52. The van der Waals surface area contributed by atoms with Gasteiger partial charge in [0.25, 0.3) is 0 Å². The minimum Gasteiger partial charge on any atom is -0.356 e. The van der Waals surface area contributed by atoms with Crippen molar-refractivity contribution in [3.8, 4) is 0 Å². The molecular weight excluding hydrogens is 184 g/mol. The molecule has 1 atom stereocenters. The Morgan fingerprint density at radius 2 is 2.46 bits per heavy atom. The summed E-state index contributed by atoms with van der Waals surface area (Å²) in [6.07, 6.45) is 1.85. The van der Waals surface area contributed by atoms with Crippen LogP contribution in [0.25, 0.3) is 0 Å². The molecule has 2 N–H and O–H groups in total. The maximum Gasteiger partial charge on any atom is 0.221 e. The topological polar surface area (TPSA) is 41.1 Å². The number of amides is 1. The lowest BCUT2D eigenvalue weighted by Crippen LogP contribution is -2.31. The van der Waals surface area contributed by atoms with Gasteiger partial charge in [0.1, 0.15) is 0 Å². The molecule has 0 spiro atoms. The summed E-state index contributed by atoms with van der Waals surface area (Å²) in [7, 11) is 1.86. The van der Waals surface area contributed by atoms with Crippen LogP contribution in [0.1, 0.15) is 12.8 Å². The van der Waals surface area contributed by atoms with E-state index in [0.717, 1.165) is 13.1 Å². The first kappa shape index (κ1) is 10.9. The molecule has 1 fully saturated rings. The van der Waals surface area contributed by atoms with E-state index < -0.39 is 0 Å². The van der Waals surface area contributed by atoms with Gasteiger partial charge in [-0.1, -0.05) is 0 Å². The second kappa shape index (κ2) is 6.27. The van der Waals surface area contributed by atoms with Crippen LogP contribution < -0.4 is 10.6 Å². The lowest BCUT2D eigenvalue weighted by Gasteiger charge is -2.09. The number of hydrogen-bond acceptors (Lipinski definition) is 3. The summed E-state index contributed by atoms with van der Waals surface area (Å²) in [6.45, 7) is 1.64. The van der Waals surface area contributed by atoms with Crippen LogP contribution >= 0.6 is 11.8 Å². The van der Waals surface area contributed by atoms with Crippen LogP contribution in [-0.4, -0.2) is 37.6 Å². The molecule has 76 valence electrons. The lowest BCUT2D eigenvalue weighted by molar-refractivity contribution is -0.121. The highest BCUT2D eigenvalue weighted by Crippen LogP contribution is 2.22. The highest BCUT2D eigenvalue weighted by Gasteiger charge is 2.15. The van der Waals surface area contributed by atoms with Gasteiger partial charge in [0.2, 0.25) is 5.91 Å². The van der Waals surface area contributed by atoms with Crippen LogP contribution in [-0.2, 0) is 4.79 Å².